The largest absolute Gasteiger partial charge is 0.391 e. The quantitative estimate of drug-likeness (QED) is 0.686. The van der Waals surface area contributed by atoms with Gasteiger partial charge in [0.25, 0.3) is 0 Å². The van der Waals surface area contributed by atoms with Crippen molar-refractivity contribution in [2.24, 2.45) is 11.3 Å². The highest BCUT2D eigenvalue weighted by Crippen LogP contribution is 2.27. The number of hydrogen-bond acceptors (Lipinski definition) is 3. The molecule has 3 N–H and O–H groups in total. The molecule has 0 spiro atoms. The third-order valence-electron chi connectivity index (χ3n) is 3.77. The second-order valence-electron chi connectivity index (χ2n) is 6.67. The van der Waals surface area contributed by atoms with Crippen LogP contribution in [0.25, 0.3) is 0 Å². The van der Waals surface area contributed by atoms with Crippen LogP contribution in [-0.2, 0) is 9.59 Å². The zero-order chi connectivity index (χ0) is 15.2. The monoisotopic (exact) mass is 284 g/mol. The maximum absolute atomic E-state index is 11.6. The van der Waals surface area contributed by atoms with Crippen molar-refractivity contribution in [1.29, 1.82) is 0 Å². The Morgan fingerprint density at radius 2 is 1.80 bits per heavy atom. The Morgan fingerprint density at radius 1 is 1.20 bits per heavy atom. The molecule has 0 aromatic heterocycles. The normalized spacial score (nSPS) is 17.8. The molecule has 0 bridgehead atoms. The van der Waals surface area contributed by atoms with Crippen LogP contribution >= 0.6 is 0 Å². The average molecular weight is 284 g/mol. The lowest BCUT2D eigenvalue weighted by molar-refractivity contribution is -0.128. The van der Waals surface area contributed by atoms with Crippen molar-refractivity contribution in [2.75, 3.05) is 13.1 Å². The molecule has 1 saturated carbocycles. The Bertz CT molecular complexity index is 331. The van der Waals surface area contributed by atoms with Crippen LogP contribution in [-0.4, -0.2) is 36.1 Å². The molecule has 1 fully saturated rings. The fourth-order valence-electron chi connectivity index (χ4n) is 2.37. The lowest BCUT2D eigenvalue weighted by Gasteiger charge is -2.19. The van der Waals surface area contributed by atoms with Crippen LogP contribution in [0, 0.1) is 11.3 Å². The predicted molar refractivity (Wildman–Crippen MR) is 78.1 cm³/mol. The maximum Gasteiger partial charge on any atom is 0.225 e. The summed E-state index contributed by atoms with van der Waals surface area (Å²) in [5.74, 6) is 0.142. The molecule has 0 radical (unpaired) electrons. The summed E-state index contributed by atoms with van der Waals surface area (Å²) in [5, 5.41) is 15.4. The van der Waals surface area contributed by atoms with Crippen molar-refractivity contribution >= 4 is 11.8 Å². The summed E-state index contributed by atoms with van der Waals surface area (Å²) >= 11 is 0. The van der Waals surface area contributed by atoms with Crippen molar-refractivity contribution in [2.45, 2.75) is 59.0 Å². The molecule has 1 aliphatic carbocycles. The first-order valence-electron chi connectivity index (χ1n) is 7.54. The highest BCUT2D eigenvalue weighted by Gasteiger charge is 2.23. The number of aliphatic hydroxyl groups is 1. The van der Waals surface area contributed by atoms with E-state index >= 15 is 0 Å². The second kappa shape index (κ2) is 7.62. The van der Waals surface area contributed by atoms with Crippen LogP contribution in [0.5, 0.6) is 0 Å². The van der Waals surface area contributed by atoms with Crippen LogP contribution in [0.15, 0.2) is 0 Å². The summed E-state index contributed by atoms with van der Waals surface area (Å²) < 4.78 is 0. The number of amides is 2. The van der Waals surface area contributed by atoms with E-state index < -0.39 is 11.5 Å². The van der Waals surface area contributed by atoms with E-state index in [1.165, 1.54) is 12.8 Å². The van der Waals surface area contributed by atoms with Crippen molar-refractivity contribution in [1.82, 2.24) is 10.6 Å². The summed E-state index contributed by atoms with van der Waals surface area (Å²) in [7, 11) is 0. The summed E-state index contributed by atoms with van der Waals surface area (Å²) in [6.07, 6.45) is 4.27. The zero-order valence-corrected chi connectivity index (χ0v) is 12.9. The molecule has 20 heavy (non-hydrogen) atoms. The molecule has 0 saturated heterocycles. The number of carbonyl (C=O) groups is 2. The van der Waals surface area contributed by atoms with E-state index in [2.05, 4.69) is 10.6 Å². The van der Waals surface area contributed by atoms with Gasteiger partial charge >= 0.3 is 0 Å². The van der Waals surface area contributed by atoms with Crippen molar-refractivity contribution < 1.29 is 14.7 Å². The molecule has 1 aliphatic rings. The van der Waals surface area contributed by atoms with Gasteiger partial charge in [-0.25, -0.2) is 0 Å². The van der Waals surface area contributed by atoms with Crippen LogP contribution in [0.4, 0.5) is 0 Å². The minimum atomic E-state index is -0.439. The first-order valence-corrected chi connectivity index (χ1v) is 7.54. The van der Waals surface area contributed by atoms with E-state index in [0.717, 1.165) is 12.8 Å². The molecule has 1 unspecified atom stereocenters. The van der Waals surface area contributed by atoms with Crippen LogP contribution in [0.3, 0.4) is 0 Å². The topological polar surface area (TPSA) is 78.4 Å². The first kappa shape index (κ1) is 17.0. The van der Waals surface area contributed by atoms with Gasteiger partial charge in [-0.15, -0.1) is 0 Å². The maximum atomic E-state index is 11.6. The zero-order valence-electron chi connectivity index (χ0n) is 12.9. The molecule has 1 atom stereocenters. The highest BCUT2D eigenvalue weighted by molar-refractivity contribution is 5.82. The Labute approximate surface area is 121 Å². The van der Waals surface area contributed by atoms with Crippen LogP contribution < -0.4 is 10.6 Å². The fourth-order valence-corrected chi connectivity index (χ4v) is 2.37. The number of rotatable bonds is 6. The predicted octanol–water partition coefficient (Wildman–Crippen LogP) is 1.21. The minimum absolute atomic E-state index is 0.0590. The molecular formula is C15H28N2O3. The molecule has 5 nitrogen and oxygen atoms in total. The number of aliphatic hydroxyl groups excluding tert-OH is 1. The summed E-state index contributed by atoms with van der Waals surface area (Å²) in [6, 6.07) is 0. The summed E-state index contributed by atoms with van der Waals surface area (Å²) in [4.78, 5) is 23.2. The molecular weight excluding hydrogens is 256 g/mol. The van der Waals surface area contributed by atoms with Crippen LogP contribution in [0.1, 0.15) is 52.9 Å². The van der Waals surface area contributed by atoms with Gasteiger partial charge in [0.1, 0.15) is 0 Å². The minimum Gasteiger partial charge on any atom is -0.391 e. The Hall–Kier alpha value is -1.10. The van der Waals surface area contributed by atoms with Gasteiger partial charge in [-0.05, 0) is 18.8 Å². The van der Waals surface area contributed by atoms with Gasteiger partial charge in [-0.1, -0.05) is 33.6 Å². The first-order chi connectivity index (χ1) is 9.30. The molecule has 1 rings (SSSR count). The lowest BCUT2D eigenvalue weighted by Crippen LogP contribution is -2.39. The average Bonchev–Trinajstić information content (AvgIpc) is 2.88. The number of nitrogens with one attached hydrogen (secondary N) is 2. The molecule has 0 aliphatic heterocycles. The van der Waals surface area contributed by atoms with Crippen molar-refractivity contribution in [3.05, 3.63) is 0 Å². The second-order valence-corrected chi connectivity index (χ2v) is 6.67. The molecule has 0 heterocycles. The molecule has 0 aromatic carbocycles. The smallest absolute Gasteiger partial charge is 0.225 e. The number of carbonyl (C=O) groups excluding carboxylic acids is 2. The van der Waals surface area contributed by atoms with Gasteiger partial charge in [0.2, 0.25) is 11.8 Å². The van der Waals surface area contributed by atoms with Gasteiger partial charge in [0, 0.05) is 24.9 Å². The standard InChI is InChI=1S/C15H28N2O3/c1-15(2,3)14(20)16-9-8-13(19)17-10-12(18)11-6-4-5-7-11/h11-12,18H,4-10H2,1-3H3,(H,16,20)(H,17,19). The van der Waals surface area contributed by atoms with Gasteiger partial charge in [0.15, 0.2) is 0 Å². The SMILES string of the molecule is CC(C)(C)C(=O)NCCC(=O)NCC(O)C1CCCC1. The lowest BCUT2D eigenvalue weighted by atomic mass is 9.96. The van der Waals surface area contributed by atoms with E-state index in [1.807, 2.05) is 20.8 Å². The van der Waals surface area contributed by atoms with E-state index in [1.54, 1.807) is 0 Å². The Morgan fingerprint density at radius 3 is 2.35 bits per heavy atom. The van der Waals surface area contributed by atoms with E-state index in [0.29, 0.717) is 19.0 Å². The third kappa shape index (κ3) is 5.90. The molecule has 0 aromatic rings. The summed E-state index contributed by atoms with van der Waals surface area (Å²) in [6.45, 7) is 6.15. The highest BCUT2D eigenvalue weighted by atomic mass is 16.3. The van der Waals surface area contributed by atoms with E-state index in [9.17, 15) is 14.7 Å². The van der Waals surface area contributed by atoms with Gasteiger partial charge in [-0.2, -0.15) is 0 Å². The van der Waals surface area contributed by atoms with Crippen molar-refractivity contribution in [3.8, 4) is 0 Å². The molecule has 116 valence electrons. The molecule has 5 heteroatoms. The van der Waals surface area contributed by atoms with Crippen LogP contribution in [0.2, 0.25) is 0 Å². The van der Waals surface area contributed by atoms with E-state index in [-0.39, 0.29) is 18.2 Å². The van der Waals surface area contributed by atoms with Crippen molar-refractivity contribution in [3.63, 3.8) is 0 Å². The van der Waals surface area contributed by atoms with E-state index in [4.69, 9.17) is 0 Å². The van der Waals surface area contributed by atoms with Gasteiger partial charge in [-0.3, -0.25) is 9.59 Å². The number of hydrogen-bond donors (Lipinski definition) is 3. The Balaban J connectivity index is 2.12. The van der Waals surface area contributed by atoms with Gasteiger partial charge in [0.05, 0.1) is 6.10 Å². The Kier molecular flexibility index (Phi) is 6.46. The summed E-state index contributed by atoms with van der Waals surface area (Å²) in [5.41, 5.74) is -0.435. The fraction of sp³-hybridized carbons (Fsp3) is 0.867. The third-order valence-corrected chi connectivity index (χ3v) is 3.77. The van der Waals surface area contributed by atoms with Gasteiger partial charge < -0.3 is 15.7 Å². The molecule has 2 amide bonds.